The van der Waals surface area contributed by atoms with E-state index in [1.54, 1.807) is 0 Å². The minimum absolute atomic E-state index is 0.235. The molecule has 0 aliphatic carbocycles. The summed E-state index contributed by atoms with van der Waals surface area (Å²) in [4.78, 5) is 10.2. The van der Waals surface area contributed by atoms with Gasteiger partial charge in [-0.25, -0.2) is 4.79 Å². The van der Waals surface area contributed by atoms with Gasteiger partial charge in [0, 0.05) is 12.6 Å². The number of nitrogens with two attached hydrogens (primary N) is 1. The van der Waals surface area contributed by atoms with E-state index in [2.05, 4.69) is 5.32 Å². The molecule has 4 heteroatoms. The molecule has 70 valence electrons. The van der Waals surface area contributed by atoms with Crippen molar-refractivity contribution < 1.29 is 9.90 Å². The minimum atomic E-state index is -1.05. The Hall–Kier alpha value is -1.55. The molecule has 0 spiro atoms. The molecule has 1 rings (SSSR count). The average Bonchev–Trinajstić information content (AvgIpc) is 2.15. The molecular formula is C9H12N2O2. The number of carbonyl (C=O) groups is 1. The number of hydrogen-bond donors (Lipinski definition) is 3. The molecular weight excluding hydrogens is 168 g/mol. The van der Waals surface area contributed by atoms with E-state index in [1.165, 1.54) is 0 Å². The zero-order valence-corrected chi connectivity index (χ0v) is 7.10. The van der Waals surface area contributed by atoms with E-state index >= 15 is 0 Å². The first-order chi connectivity index (χ1) is 6.20. The van der Waals surface area contributed by atoms with Gasteiger partial charge in [-0.15, -0.1) is 0 Å². The molecule has 1 atom stereocenters. The van der Waals surface area contributed by atoms with Gasteiger partial charge in [-0.05, 0) is 5.56 Å². The molecule has 0 aromatic heterocycles. The molecule has 4 nitrogen and oxygen atoms in total. The topological polar surface area (TPSA) is 75.3 Å². The van der Waals surface area contributed by atoms with Crippen molar-refractivity contribution in [3.63, 3.8) is 0 Å². The zero-order chi connectivity index (χ0) is 9.68. The zero-order valence-electron chi connectivity index (χ0n) is 7.10. The Labute approximate surface area is 76.4 Å². The van der Waals surface area contributed by atoms with E-state index in [0.717, 1.165) is 5.56 Å². The van der Waals surface area contributed by atoms with Gasteiger partial charge in [0.05, 0.1) is 0 Å². The van der Waals surface area contributed by atoms with Gasteiger partial charge in [0.2, 0.25) is 0 Å². The lowest BCUT2D eigenvalue weighted by atomic mass is 10.1. The molecule has 1 aromatic rings. The molecule has 4 N–H and O–H groups in total. The first-order valence-corrected chi connectivity index (χ1v) is 3.97. The standard InChI is InChI=1S/C9H12N2O2/c10-8(6-11-9(12)13)7-4-2-1-3-5-7/h1-5,8,11H,6,10H2,(H,12,13)/t8-/m1/s1. The van der Waals surface area contributed by atoms with Crippen molar-refractivity contribution >= 4 is 6.09 Å². The third-order valence-corrected chi connectivity index (χ3v) is 1.70. The van der Waals surface area contributed by atoms with Crippen LogP contribution < -0.4 is 11.1 Å². The first-order valence-electron chi connectivity index (χ1n) is 3.97. The van der Waals surface area contributed by atoms with E-state index in [9.17, 15) is 4.79 Å². The summed E-state index contributed by atoms with van der Waals surface area (Å²) in [6, 6.07) is 9.09. The molecule has 1 aromatic carbocycles. The van der Waals surface area contributed by atoms with Crippen LogP contribution in [0.1, 0.15) is 11.6 Å². The Morgan fingerprint density at radius 3 is 2.62 bits per heavy atom. The van der Waals surface area contributed by atoms with Crippen LogP contribution in [-0.2, 0) is 0 Å². The Morgan fingerprint density at radius 2 is 2.08 bits per heavy atom. The molecule has 0 bridgehead atoms. The van der Waals surface area contributed by atoms with Crippen LogP contribution in [0.2, 0.25) is 0 Å². The number of carboxylic acid groups (broad SMARTS) is 1. The van der Waals surface area contributed by atoms with Crippen LogP contribution >= 0.6 is 0 Å². The Kier molecular flexibility index (Phi) is 3.28. The third kappa shape index (κ3) is 3.13. The van der Waals surface area contributed by atoms with Gasteiger partial charge >= 0.3 is 6.09 Å². The van der Waals surface area contributed by atoms with E-state index < -0.39 is 6.09 Å². The average molecular weight is 180 g/mol. The summed E-state index contributed by atoms with van der Waals surface area (Å²) in [7, 11) is 0. The maximum atomic E-state index is 10.2. The van der Waals surface area contributed by atoms with E-state index in [1.807, 2.05) is 30.3 Å². The second-order valence-electron chi connectivity index (χ2n) is 2.70. The summed E-state index contributed by atoms with van der Waals surface area (Å²) in [5, 5.41) is 10.6. The second kappa shape index (κ2) is 4.47. The molecule has 0 unspecified atom stereocenters. The lowest BCUT2D eigenvalue weighted by Gasteiger charge is -2.10. The fourth-order valence-corrected chi connectivity index (χ4v) is 1.02. The Bertz CT molecular complexity index is 274. The number of rotatable bonds is 3. The SMILES string of the molecule is N[C@H](CNC(=O)O)c1ccccc1. The van der Waals surface area contributed by atoms with Gasteiger partial charge in [-0.1, -0.05) is 30.3 Å². The first kappa shape index (κ1) is 9.54. The molecule has 1 amide bonds. The third-order valence-electron chi connectivity index (χ3n) is 1.70. The van der Waals surface area contributed by atoms with Crippen LogP contribution in [0.3, 0.4) is 0 Å². The molecule has 13 heavy (non-hydrogen) atoms. The largest absolute Gasteiger partial charge is 0.465 e. The highest BCUT2D eigenvalue weighted by Crippen LogP contribution is 2.07. The molecule has 0 radical (unpaired) electrons. The number of amides is 1. The van der Waals surface area contributed by atoms with Crippen LogP contribution in [0.4, 0.5) is 4.79 Å². The molecule has 0 aliphatic rings. The van der Waals surface area contributed by atoms with Crippen molar-refractivity contribution in [3.05, 3.63) is 35.9 Å². The van der Waals surface area contributed by atoms with Crippen LogP contribution in [0.25, 0.3) is 0 Å². The van der Waals surface area contributed by atoms with Crippen LogP contribution in [0.5, 0.6) is 0 Å². The number of hydrogen-bond acceptors (Lipinski definition) is 2. The summed E-state index contributed by atoms with van der Waals surface area (Å²) in [6.45, 7) is 0.235. The van der Waals surface area contributed by atoms with Crippen LogP contribution in [0.15, 0.2) is 30.3 Å². The van der Waals surface area contributed by atoms with Crippen molar-refractivity contribution in [2.24, 2.45) is 5.73 Å². The fraction of sp³-hybridized carbons (Fsp3) is 0.222. The summed E-state index contributed by atoms with van der Waals surface area (Å²) >= 11 is 0. The summed E-state index contributed by atoms with van der Waals surface area (Å²) in [6.07, 6.45) is -1.05. The quantitative estimate of drug-likeness (QED) is 0.648. The van der Waals surface area contributed by atoms with Gasteiger partial charge < -0.3 is 16.2 Å². The molecule has 0 saturated carbocycles. The van der Waals surface area contributed by atoms with E-state index in [0.29, 0.717) is 0 Å². The maximum Gasteiger partial charge on any atom is 0.404 e. The van der Waals surface area contributed by atoms with E-state index in [-0.39, 0.29) is 12.6 Å². The summed E-state index contributed by atoms with van der Waals surface area (Å²) < 4.78 is 0. The van der Waals surface area contributed by atoms with Crippen molar-refractivity contribution in [3.8, 4) is 0 Å². The normalized spacial score (nSPS) is 12.1. The highest BCUT2D eigenvalue weighted by Gasteiger charge is 2.05. The van der Waals surface area contributed by atoms with E-state index in [4.69, 9.17) is 10.8 Å². The van der Waals surface area contributed by atoms with Gasteiger partial charge in [0.1, 0.15) is 0 Å². The monoisotopic (exact) mass is 180 g/mol. The van der Waals surface area contributed by atoms with Crippen molar-refractivity contribution in [2.75, 3.05) is 6.54 Å². The lowest BCUT2D eigenvalue weighted by molar-refractivity contribution is 0.193. The lowest BCUT2D eigenvalue weighted by Crippen LogP contribution is -2.30. The smallest absolute Gasteiger partial charge is 0.404 e. The predicted octanol–water partition coefficient (Wildman–Crippen LogP) is 0.954. The maximum absolute atomic E-state index is 10.2. The Balaban J connectivity index is 2.49. The number of nitrogens with one attached hydrogen (secondary N) is 1. The highest BCUT2D eigenvalue weighted by atomic mass is 16.4. The number of benzene rings is 1. The van der Waals surface area contributed by atoms with Gasteiger partial charge in [-0.3, -0.25) is 0 Å². The summed E-state index contributed by atoms with van der Waals surface area (Å²) in [5.74, 6) is 0. The highest BCUT2D eigenvalue weighted by molar-refractivity contribution is 5.64. The van der Waals surface area contributed by atoms with Crippen molar-refractivity contribution in [2.45, 2.75) is 6.04 Å². The fourth-order valence-electron chi connectivity index (χ4n) is 1.02. The van der Waals surface area contributed by atoms with Crippen LogP contribution in [0, 0.1) is 0 Å². The van der Waals surface area contributed by atoms with Crippen molar-refractivity contribution in [1.82, 2.24) is 5.32 Å². The van der Waals surface area contributed by atoms with Gasteiger partial charge in [0.25, 0.3) is 0 Å². The van der Waals surface area contributed by atoms with Gasteiger partial charge in [-0.2, -0.15) is 0 Å². The predicted molar refractivity (Wildman–Crippen MR) is 49.4 cm³/mol. The van der Waals surface area contributed by atoms with Crippen LogP contribution in [-0.4, -0.2) is 17.7 Å². The molecule has 0 aliphatic heterocycles. The molecule has 0 heterocycles. The Morgan fingerprint density at radius 1 is 1.46 bits per heavy atom. The summed E-state index contributed by atoms with van der Waals surface area (Å²) in [5.41, 5.74) is 6.64. The van der Waals surface area contributed by atoms with Crippen molar-refractivity contribution in [1.29, 1.82) is 0 Å². The molecule has 0 fully saturated rings. The minimum Gasteiger partial charge on any atom is -0.465 e. The van der Waals surface area contributed by atoms with Gasteiger partial charge in [0.15, 0.2) is 0 Å². The second-order valence-corrected chi connectivity index (χ2v) is 2.70. The molecule has 0 saturated heterocycles.